The lowest BCUT2D eigenvalue weighted by molar-refractivity contribution is -0.118. The first-order valence-electron chi connectivity index (χ1n) is 12.0. The summed E-state index contributed by atoms with van der Waals surface area (Å²) in [4.78, 5) is 37.0. The van der Waals surface area contributed by atoms with Crippen molar-refractivity contribution in [3.8, 4) is 0 Å². The number of benzene rings is 1. The van der Waals surface area contributed by atoms with Crippen molar-refractivity contribution in [3.05, 3.63) is 59.5 Å². The summed E-state index contributed by atoms with van der Waals surface area (Å²) in [5.74, 6) is -0.0210. The number of para-hydroxylation sites is 1. The first-order valence-corrected chi connectivity index (χ1v) is 12.0. The quantitative estimate of drug-likeness (QED) is 0.627. The summed E-state index contributed by atoms with van der Waals surface area (Å²) in [5, 5.41) is 10.2. The zero-order valence-corrected chi connectivity index (χ0v) is 19.6. The number of carbonyl (C=O) groups is 2. The maximum Gasteiger partial charge on any atom is 0.255 e. The second-order valence-electron chi connectivity index (χ2n) is 9.16. The molecule has 0 bridgehead atoms. The molecule has 2 amide bonds. The van der Waals surface area contributed by atoms with Crippen LogP contribution in [0.3, 0.4) is 0 Å². The van der Waals surface area contributed by atoms with Crippen molar-refractivity contribution in [2.75, 3.05) is 50.8 Å². The number of amides is 2. The number of hydrogen-bond donors (Lipinski definition) is 1. The molecule has 8 nitrogen and oxygen atoms in total. The van der Waals surface area contributed by atoms with Crippen LogP contribution in [-0.4, -0.2) is 82.1 Å². The van der Waals surface area contributed by atoms with E-state index in [9.17, 15) is 9.59 Å². The van der Waals surface area contributed by atoms with Gasteiger partial charge in [-0.1, -0.05) is 18.2 Å². The summed E-state index contributed by atoms with van der Waals surface area (Å²) in [6.07, 6.45) is 5.66. The van der Waals surface area contributed by atoms with E-state index in [2.05, 4.69) is 26.6 Å². The number of piperazine rings is 1. The van der Waals surface area contributed by atoms with E-state index in [1.165, 1.54) is 0 Å². The number of β-amino-alcohol motifs (C(OH)–C–C–N with tert-alkyl or cyclic N) is 1. The molecule has 1 N–H and O–H groups in total. The van der Waals surface area contributed by atoms with Gasteiger partial charge in [0.15, 0.2) is 0 Å². The topological polar surface area (TPSA) is 81.9 Å². The van der Waals surface area contributed by atoms with Crippen molar-refractivity contribution in [1.82, 2.24) is 19.4 Å². The number of carbonyl (C=O) groups excluding carboxylic acids is 2. The fraction of sp³-hybridized carbons (Fsp3) is 0.423. The minimum atomic E-state index is -0.0500. The van der Waals surface area contributed by atoms with Crippen LogP contribution in [0, 0.1) is 0 Å². The number of fused-ring (bicyclic) bond motifs is 2. The Bertz CT molecular complexity index is 1210. The largest absolute Gasteiger partial charge is 0.395 e. The van der Waals surface area contributed by atoms with E-state index in [4.69, 9.17) is 5.11 Å². The van der Waals surface area contributed by atoms with Gasteiger partial charge in [-0.05, 0) is 30.5 Å². The summed E-state index contributed by atoms with van der Waals surface area (Å²) >= 11 is 0. The highest BCUT2D eigenvalue weighted by atomic mass is 16.3. The smallest absolute Gasteiger partial charge is 0.255 e. The molecule has 2 aliphatic rings. The number of aromatic nitrogens is 2. The van der Waals surface area contributed by atoms with Gasteiger partial charge >= 0.3 is 0 Å². The molecule has 1 saturated heterocycles. The predicted octanol–water partition coefficient (Wildman–Crippen LogP) is 1.85. The molecule has 0 saturated carbocycles. The number of aliphatic hydroxyl groups is 1. The van der Waals surface area contributed by atoms with Gasteiger partial charge in [-0.15, -0.1) is 0 Å². The van der Waals surface area contributed by atoms with Crippen molar-refractivity contribution in [2.24, 2.45) is 7.05 Å². The number of nitrogens with zero attached hydrogens (tertiary/aromatic N) is 5. The maximum absolute atomic E-state index is 13.4. The average molecular weight is 462 g/mol. The first-order chi connectivity index (χ1) is 16.5. The Morgan fingerprint density at radius 1 is 1.09 bits per heavy atom. The van der Waals surface area contributed by atoms with Gasteiger partial charge in [0.1, 0.15) is 0 Å². The maximum atomic E-state index is 13.4. The van der Waals surface area contributed by atoms with Gasteiger partial charge in [-0.25, -0.2) is 0 Å². The molecule has 0 atom stereocenters. The van der Waals surface area contributed by atoms with Crippen molar-refractivity contribution >= 4 is 28.4 Å². The molecule has 0 radical (unpaired) electrons. The monoisotopic (exact) mass is 461 g/mol. The molecule has 0 aliphatic carbocycles. The molecule has 34 heavy (non-hydrogen) atoms. The van der Waals surface area contributed by atoms with E-state index < -0.39 is 0 Å². The van der Waals surface area contributed by atoms with E-state index in [1.807, 2.05) is 41.2 Å². The third kappa shape index (κ3) is 4.31. The van der Waals surface area contributed by atoms with Gasteiger partial charge in [0, 0.05) is 69.6 Å². The number of pyridine rings is 1. The highest BCUT2D eigenvalue weighted by Crippen LogP contribution is 2.29. The number of aryl methyl sites for hydroxylation is 2. The standard InChI is InChI=1S/C26H31N5O3/c1-28-18-20(21-5-2-3-7-23(21)28)16-25(33)31-8-4-6-22-24(31)15-19(17-27-22)26(34)30-11-9-29(10-12-30)13-14-32/h2-3,5,7,15,17-18,32H,4,6,8-14,16H2,1H3. The molecule has 0 spiro atoms. The molecule has 8 heteroatoms. The second-order valence-corrected chi connectivity index (χ2v) is 9.16. The Kier molecular flexibility index (Phi) is 6.34. The highest BCUT2D eigenvalue weighted by Gasteiger charge is 2.28. The van der Waals surface area contributed by atoms with E-state index in [0.29, 0.717) is 38.2 Å². The van der Waals surface area contributed by atoms with Crippen LogP contribution in [0.2, 0.25) is 0 Å². The fourth-order valence-electron chi connectivity index (χ4n) is 5.13. The fourth-order valence-corrected chi connectivity index (χ4v) is 5.13. The van der Waals surface area contributed by atoms with E-state index in [-0.39, 0.29) is 18.4 Å². The molecule has 3 aromatic rings. The molecular weight excluding hydrogens is 430 g/mol. The summed E-state index contributed by atoms with van der Waals surface area (Å²) in [5.41, 5.74) is 4.29. The molecule has 4 heterocycles. The Labute approximate surface area is 199 Å². The lowest BCUT2D eigenvalue weighted by atomic mass is 10.0. The van der Waals surface area contributed by atoms with Crippen LogP contribution < -0.4 is 4.90 Å². The summed E-state index contributed by atoms with van der Waals surface area (Å²) in [7, 11) is 2.00. The zero-order valence-electron chi connectivity index (χ0n) is 19.6. The molecule has 2 aliphatic heterocycles. The lowest BCUT2D eigenvalue weighted by Crippen LogP contribution is -2.49. The van der Waals surface area contributed by atoms with Crippen LogP contribution in [0.1, 0.15) is 28.0 Å². The van der Waals surface area contributed by atoms with Crippen molar-refractivity contribution in [1.29, 1.82) is 0 Å². The third-order valence-electron chi connectivity index (χ3n) is 6.98. The normalized spacial score (nSPS) is 16.6. The van der Waals surface area contributed by atoms with Gasteiger partial charge in [-0.3, -0.25) is 19.5 Å². The van der Waals surface area contributed by atoms with Crippen LogP contribution in [0.15, 0.2) is 42.7 Å². The molecule has 2 aromatic heterocycles. The SMILES string of the molecule is Cn1cc(CC(=O)N2CCCc3ncc(C(=O)N4CCN(CCO)CC4)cc32)c2ccccc21. The molecule has 1 fully saturated rings. The van der Waals surface area contributed by atoms with Gasteiger partial charge in [0.25, 0.3) is 5.91 Å². The van der Waals surface area contributed by atoms with E-state index in [0.717, 1.165) is 53.8 Å². The molecule has 1 aromatic carbocycles. The van der Waals surface area contributed by atoms with Crippen LogP contribution >= 0.6 is 0 Å². The Balaban J connectivity index is 1.35. The second kappa shape index (κ2) is 9.56. The molecule has 5 rings (SSSR count). The first kappa shape index (κ1) is 22.6. The number of rotatable bonds is 5. The van der Waals surface area contributed by atoms with Crippen LogP contribution in [0.5, 0.6) is 0 Å². The number of anilines is 1. The summed E-state index contributed by atoms with van der Waals surface area (Å²) < 4.78 is 2.06. The molecule has 178 valence electrons. The van der Waals surface area contributed by atoms with Gasteiger partial charge < -0.3 is 19.5 Å². The highest BCUT2D eigenvalue weighted by molar-refractivity contribution is 6.00. The molecular formula is C26H31N5O3. The number of aliphatic hydroxyl groups excluding tert-OH is 1. The van der Waals surface area contributed by atoms with Crippen molar-refractivity contribution in [2.45, 2.75) is 19.3 Å². The van der Waals surface area contributed by atoms with Crippen molar-refractivity contribution in [3.63, 3.8) is 0 Å². The third-order valence-corrected chi connectivity index (χ3v) is 6.98. The van der Waals surface area contributed by atoms with Crippen LogP contribution in [-0.2, 0) is 24.7 Å². The predicted molar refractivity (Wildman–Crippen MR) is 131 cm³/mol. The van der Waals surface area contributed by atoms with Gasteiger partial charge in [0.05, 0.1) is 30.0 Å². The lowest BCUT2D eigenvalue weighted by Gasteiger charge is -2.34. The van der Waals surface area contributed by atoms with E-state index in [1.54, 1.807) is 6.20 Å². The van der Waals surface area contributed by atoms with Crippen LogP contribution in [0.4, 0.5) is 5.69 Å². The Hall–Kier alpha value is -3.23. The van der Waals surface area contributed by atoms with E-state index >= 15 is 0 Å². The zero-order chi connectivity index (χ0) is 23.7. The minimum Gasteiger partial charge on any atom is -0.395 e. The molecule has 0 unspecified atom stereocenters. The Morgan fingerprint density at radius 3 is 2.68 bits per heavy atom. The van der Waals surface area contributed by atoms with Gasteiger partial charge in [0.2, 0.25) is 5.91 Å². The Morgan fingerprint density at radius 2 is 1.88 bits per heavy atom. The van der Waals surface area contributed by atoms with Crippen LogP contribution in [0.25, 0.3) is 10.9 Å². The summed E-state index contributed by atoms with van der Waals surface area (Å²) in [6, 6.07) is 9.97. The minimum absolute atomic E-state index is 0.0290. The van der Waals surface area contributed by atoms with Crippen molar-refractivity contribution < 1.29 is 14.7 Å². The average Bonchev–Trinajstić information content (AvgIpc) is 3.18. The van der Waals surface area contributed by atoms with Gasteiger partial charge in [-0.2, -0.15) is 0 Å². The number of hydrogen-bond acceptors (Lipinski definition) is 5. The summed E-state index contributed by atoms with van der Waals surface area (Å²) in [6.45, 7) is 4.15.